The van der Waals surface area contributed by atoms with Gasteiger partial charge in [-0.15, -0.1) is 0 Å². The van der Waals surface area contributed by atoms with Gasteiger partial charge in [-0.25, -0.2) is 0 Å². The second-order valence-electron chi connectivity index (χ2n) is 6.82. The first-order chi connectivity index (χ1) is 9.25. The molecule has 1 nitrogen and oxygen atoms in total. The molecule has 0 aromatic heterocycles. The van der Waals surface area contributed by atoms with E-state index in [2.05, 4.69) is 49.5 Å². The fourth-order valence-corrected chi connectivity index (χ4v) is 3.89. The molecule has 0 radical (unpaired) electrons. The highest BCUT2D eigenvalue weighted by Crippen LogP contribution is 2.42. The summed E-state index contributed by atoms with van der Waals surface area (Å²) in [6, 6.07) is 12.5. The first-order valence-corrected chi connectivity index (χ1v) is 8.06. The topological polar surface area (TPSA) is 12.0 Å². The van der Waals surface area contributed by atoms with Crippen molar-refractivity contribution < 1.29 is 0 Å². The Morgan fingerprint density at radius 3 is 2.47 bits per heavy atom. The lowest BCUT2D eigenvalue weighted by molar-refractivity contribution is 0.204. The van der Waals surface area contributed by atoms with Crippen LogP contribution in [-0.2, 0) is 0 Å². The van der Waals surface area contributed by atoms with Crippen molar-refractivity contribution in [2.45, 2.75) is 64.0 Å². The highest BCUT2D eigenvalue weighted by atomic mass is 15.0. The van der Waals surface area contributed by atoms with Crippen molar-refractivity contribution in [1.82, 2.24) is 5.32 Å². The van der Waals surface area contributed by atoms with Crippen LogP contribution in [0.4, 0.5) is 0 Å². The number of benzene rings is 1. The minimum absolute atomic E-state index is 0.742. The third-order valence-electron chi connectivity index (χ3n) is 5.12. The van der Waals surface area contributed by atoms with Gasteiger partial charge in [0.05, 0.1) is 0 Å². The lowest BCUT2D eigenvalue weighted by atomic mass is 9.78. The molecule has 4 unspecified atom stereocenters. The van der Waals surface area contributed by atoms with Gasteiger partial charge < -0.3 is 5.32 Å². The first kappa shape index (κ1) is 13.2. The van der Waals surface area contributed by atoms with E-state index in [1.807, 2.05) is 0 Å². The van der Waals surface area contributed by atoms with Crippen molar-refractivity contribution in [3.63, 3.8) is 0 Å². The summed E-state index contributed by atoms with van der Waals surface area (Å²) < 4.78 is 0. The van der Waals surface area contributed by atoms with Crippen molar-refractivity contribution in [2.24, 2.45) is 11.8 Å². The quantitative estimate of drug-likeness (QED) is 0.845. The second-order valence-corrected chi connectivity index (χ2v) is 6.82. The van der Waals surface area contributed by atoms with E-state index in [9.17, 15) is 0 Å². The van der Waals surface area contributed by atoms with Crippen LogP contribution in [0, 0.1) is 11.8 Å². The molecule has 104 valence electrons. The molecule has 1 aromatic rings. The maximum Gasteiger partial charge on any atom is 0.0145 e. The zero-order chi connectivity index (χ0) is 13.2. The lowest BCUT2D eigenvalue weighted by Crippen LogP contribution is -2.42. The van der Waals surface area contributed by atoms with Gasteiger partial charge in [0, 0.05) is 18.0 Å². The zero-order valence-corrected chi connectivity index (χ0v) is 12.3. The number of hydrogen-bond donors (Lipinski definition) is 1. The molecule has 0 amide bonds. The Morgan fingerprint density at radius 2 is 1.74 bits per heavy atom. The van der Waals surface area contributed by atoms with Crippen molar-refractivity contribution >= 4 is 0 Å². The van der Waals surface area contributed by atoms with Gasteiger partial charge in [0.25, 0.3) is 0 Å². The monoisotopic (exact) mass is 257 g/mol. The van der Waals surface area contributed by atoms with E-state index in [4.69, 9.17) is 0 Å². The summed E-state index contributed by atoms with van der Waals surface area (Å²) in [4.78, 5) is 0. The van der Waals surface area contributed by atoms with Gasteiger partial charge >= 0.3 is 0 Å². The molecule has 4 atom stereocenters. The predicted molar refractivity (Wildman–Crippen MR) is 81.3 cm³/mol. The number of rotatable bonds is 4. The summed E-state index contributed by atoms with van der Waals surface area (Å²) in [7, 11) is 0. The van der Waals surface area contributed by atoms with Crippen LogP contribution >= 0.6 is 0 Å². The Labute approximate surface area is 117 Å². The summed E-state index contributed by atoms with van der Waals surface area (Å²) in [6.07, 6.45) is 7.02. The van der Waals surface area contributed by atoms with Gasteiger partial charge in [-0.2, -0.15) is 0 Å². The zero-order valence-electron chi connectivity index (χ0n) is 12.3. The van der Waals surface area contributed by atoms with Gasteiger partial charge in [-0.1, -0.05) is 57.0 Å². The highest BCUT2D eigenvalue weighted by Gasteiger charge is 2.41. The third-order valence-corrected chi connectivity index (χ3v) is 5.12. The Bertz CT molecular complexity index is 397. The van der Waals surface area contributed by atoms with Gasteiger partial charge in [-0.05, 0) is 36.7 Å². The second kappa shape index (κ2) is 5.66. The van der Waals surface area contributed by atoms with Gasteiger partial charge in [0.15, 0.2) is 0 Å². The molecule has 0 bridgehead atoms. The van der Waals surface area contributed by atoms with Gasteiger partial charge in [-0.3, -0.25) is 0 Å². The molecule has 1 aromatic carbocycles. The number of nitrogens with one attached hydrogen (secondary N) is 1. The average Bonchev–Trinajstić information content (AvgIpc) is 3.19. The molecule has 1 heteroatoms. The molecule has 2 saturated carbocycles. The van der Waals surface area contributed by atoms with Crippen molar-refractivity contribution in [2.75, 3.05) is 0 Å². The van der Waals surface area contributed by atoms with Crippen molar-refractivity contribution in [3.05, 3.63) is 35.9 Å². The number of hydrogen-bond acceptors (Lipinski definition) is 1. The standard InChI is InChI=1S/C18H27N/c1-13(2)15-10-6-7-11-17(15)19-18-12-16(18)14-8-4-3-5-9-14/h3-5,8-9,13,15-19H,6-7,10-12H2,1-2H3. The normalized spacial score (nSPS) is 34.5. The van der Waals surface area contributed by atoms with E-state index in [-0.39, 0.29) is 0 Å². The van der Waals surface area contributed by atoms with Crippen LogP contribution in [0.1, 0.15) is 57.4 Å². The Morgan fingerprint density at radius 1 is 1.00 bits per heavy atom. The summed E-state index contributed by atoms with van der Waals surface area (Å²) in [5.74, 6) is 2.49. The van der Waals surface area contributed by atoms with E-state index in [0.29, 0.717) is 0 Å². The molecule has 19 heavy (non-hydrogen) atoms. The summed E-state index contributed by atoms with van der Waals surface area (Å²) in [5.41, 5.74) is 1.52. The fourth-order valence-electron chi connectivity index (χ4n) is 3.89. The predicted octanol–water partition coefficient (Wildman–Crippen LogP) is 4.35. The first-order valence-electron chi connectivity index (χ1n) is 8.06. The summed E-state index contributed by atoms with van der Waals surface area (Å²) in [6.45, 7) is 4.79. The third kappa shape index (κ3) is 3.02. The molecular formula is C18H27N. The molecule has 0 spiro atoms. The van der Waals surface area contributed by atoms with Crippen LogP contribution in [0.25, 0.3) is 0 Å². The molecule has 1 N–H and O–H groups in total. The average molecular weight is 257 g/mol. The van der Waals surface area contributed by atoms with Crippen molar-refractivity contribution in [1.29, 1.82) is 0 Å². The lowest BCUT2D eigenvalue weighted by Gasteiger charge is -2.35. The van der Waals surface area contributed by atoms with E-state index < -0.39 is 0 Å². The molecule has 0 saturated heterocycles. The Balaban J connectivity index is 1.57. The molecule has 0 aliphatic heterocycles. The Hall–Kier alpha value is -0.820. The van der Waals surface area contributed by atoms with Crippen LogP contribution in [0.3, 0.4) is 0 Å². The SMILES string of the molecule is CC(C)C1CCCCC1NC1CC1c1ccccc1. The van der Waals surface area contributed by atoms with Crippen molar-refractivity contribution in [3.8, 4) is 0 Å². The maximum absolute atomic E-state index is 3.97. The Kier molecular flexibility index (Phi) is 3.93. The maximum atomic E-state index is 3.97. The molecule has 3 rings (SSSR count). The smallest absolute Gasteiger partial charge is 0.0145 e. The van der Waals surface area contributed by atoms with Crippen LogP contribution in [0.5, 0.6) is 0 Å². The van der Waals surface area contributed by atoms with E-state index in [1.165, 1.54) is 37.7 Å². The fraction of sp³-hybridized carbons (Fsp3) is 0.667. The van der Waals surface area contributed by atoms with E-state index in [1.54, 1.807) is 0 Å². The van der Waals surface area contributed by atoms with Gasteiger partial charge in [0.1, 0.15) is 0 Å². The molecule has 2 aliphatic rings. The van der Waals surface area contributed by atoms with E-state index >= 15 is 0 Å². The van der Waals surface area contributed by atoms with E-state index in [0.717, 1.165) is 29.8 Å². The van der Waals surface area contributed by atoms with Crippen LogP contribution in [0.15, 0.2) is 30.3 Å². The molecule has 2 aliphatic carbocycles. The van der Waals surface area contributed by atoms with Gasteiger partial charge in [0.2, 0.25) is 0 Å². The molecular weight excluding hydrogens is 230 g/mol. The minimum Gasteiger partial charge on any atom is -0.310 e. The van der Waals surface area contributed by atoms with Crippen LogP contribution < -0.4 is 5.32 Å². The highest BCUT2D eigenvalue weighted by molar-refractivity contribution is 5.27. The molecule has 2 fully saturated rings. The largest absolute Gasteiger partial charge is 0.310 e. The minimum atomic E-state index is 0.742. The summed E-state index contributed by atoms with van der Waals surface area (Å²) >= 11 is 0. The van der Waals surface area contributed by atoms with Crippen LogP contribution in [-0.4, -0.2) is 12.1 Å². The molecule has 0 heterocycles. The summed E-state index contributed by atoms with van der Waals surface area (Å²) in [5, 5.41) is 3.97. The van der Waals surface area contributed by atoms with Crippen LogP contribution in [0.2, 0.25) is 0 Å².